The molecule has 0 fully saturated rings. The number of hydrogen-bond acceptors (Lipinski definition) is 4. The van der Waals surface area contributed by atoms with Crippen molar-refractivity contribution in [3.05, 3.63) is 66.4 Å². The van der Waals surface area contributed by atoms with Gasteiger partial charge in [0.1, 0.15) is 5.75 Å². The highest BCUT2D eigenvalue weighted by molar-refractivity contribution is 6.04. The molecule has 0 aliphatic carbocycles. The van der Waals surface area contributed by atoms with Crippen molar-refractivity contribution in [2.45, 2.75) is 0 Å². The first-order chi connectivity index (χ1) is 10.6. The van der Waals surface area contributed by atoms with Crippen LogP contribution in [0.15, 0.2) is 60.8 Å². The fraction of sp³-hybridized carbons (Fsp3) is 0.167. The zero-order valence-corrected chi connectivity index (χ0v) is 13.0. The van der Waals surface area contributed by atoms with Crippen LogP contribution in [0.1, 0.15) is 10.4 Å². The highest BCUT2D eigenvalue weighted by Gasteiger charge is 2.01. The Kier molecular flexibility index (Phi) is 5.20. The molecule has 0 spiro atoms. The van der Waals surface area contributed by atoms with Crippen LogP contribution in [0, 0.1) is 0 Å². The van der Waals surface area contributed by atoms with Crippen molar-refractivity contribution in [2.24, 2.45) is 0 Å². The predicted octanol–water partition coefficient (Wildman–Crippen LogP) is 3.57. The van der Waals surface area contributed by atoms with E-state index in [4.69, 9.17) is 4.74 Å². The number of benzene rings is 2. The number of rotatable bonds is 6. The second-order valence-corrected chi connectivity index (χ2v) is 5.01. The minimum Gasteiger partial charge on any atom is -0.497 e. The van der Waals surface area contributed by atoms with Crippen molar-refractivity contribution >= 4 is 17.2 Å². The molecule has 2 rings (SSSR count). The molecule has 114 valence electrons. The van der Waals surface area contributed by atoms with Crippen molar-refractivity contribution in [2.75, 3.05) is 31.4 Å². The van der Waals surface area contributed by atoms with Gasteiger partial charge in [-0.15, -0.1) is 0 Å². The molecule has 4 nitrogen and oxygen atoms in total. The van der Waals surface area contributed by atoms with Gasteiger partial charge in [-0.05, 0) is 48.5 Å². The van der Waals surface area contributed by atoms with E-state index in [0.717, 1.165) is 17.1 Å². The number of ketones is 1. The largest absolute Gasteiger partial charge is 0.497 e. The molecule has 0 bridgehead atoms. The van der Waals surface area contributed by atoms with Gasteiger partial charge in [0.2, 0.25) is 0 Å². The Morgan fingerprint density at radius 2 is 1.68 bits per heavy atom. The summed E-state index contributed by atoms with van der Waals surface area (Å²) in [5, 5.41) is 3.09. The molecule has 0 amide bonds. The van der Waals surface area contributed by atoms with Crippen LogP contribution in [0.4, 0.5) is 11.4 Å². The Morgan fingerprint density at radius 1 is 1.05 bits per heavy atom. The fourth-order valence-corrected chi connectivity index (χ4v) is 1.92. The minimum absolute atomic E-state index is 0.0555. The lowest BCUT2D eigenvalue weighted by atomic mass is 10.1. The summed E-state index contributed by atoms with van der Waals surface area (Å²) >= 11 is 0. The second kappa shape index (κ2) is 7.31. The first-order valence-electron chi connectivity index (χ1n) is 6.99. The number of carbonyl (C=O) groups is 1. The van der Waals surface area contributed by atoms with Gasteiger partial charge in [0.15, 0.2) is 5.78 Å². The third kappa shape index (κ3) is 4.12. The highest BCUT2D eigenvalue weighted by atomic mass is 16.5. The fourth-order valence-electron chi connectivity index (χ4n) is 1.92. The summed E-state index contributed by atoms with van der Waals surface area (Å²) in [6.07, 6.45) is 3.17. The van der Waals surface area contributed by atoms with Gasteiger partial charge in [0.05, 0.1) is 7.11 Å². The van der Waals surface area contributed by atoms with Crippen LogP contribution in [0.3, 0.4) is 0 Å². The first-order valence-corrected chi connectivity index (χ1v) is 6.99. The zero-order chi connectivity index (χ0) is 15.9. The lowest BCUT2D eigenvalue weighted by molar-refractivity contribution is 0.104. The van der Waals surface area contributed by atoms with Crippen LogP contribution >= 0.6 is 0 Å². The average Bonchev–Trinajstić information content (AvgIpc) is 2.55. The van der Waals surface area contributed by atoms with Gasteiger partial charge in [0, 0.05) is 43.3 Å². The monoisotopic (exact) mass is 296 g/mol. The third-order valence-corrected chi connectivity index (χ3v) is 3.24. The summed E-state index contributed by atoms with van der Waals surface area (Å²) in [6.45, 7) is 0. The summed E-state index contributed by atoms with van der Waals surface area (Å²) in [7, 11) is 5.59. The maximum atomic E-state index is 12.0. The molecule has 0 aliphatic heterocycles. The molecule has 0 atom stereocenters. The van der Waals surface area contributed by atoms with E-state index in [1.54, 1.807) is 37.6 Å². The molecule has 22 heavy (non-hydrogen) atoms. The summed E-state index contributed by atoms with van der Waals surface area (Å²) in [6, 6.07) is 15.0. The van der Waals surface area contributed by atoms with Crippen molar-refractivity contribution in [3.63, 3.8) is 0 Å². The van der Waals surface area contributed by atoms with Gasteiger partial charge in [-0.3, -0.25) is 4.79 Å². The summed E-state index contributed by atoms with van der Waals surface area (Å²) < 4.78 is 5.07. The Morgan fingerprint density at radius 3 is 2.23 bits per heavy atom. The second-order valence-electron chi connectivity index (χ2n) is 5.01. The van der Waals surface area contributed by atoms with Crippen LogP contribution in [-0.4, -0.2) is 27.0 Å². The molecule has 0 radical (unpaired) electrons. The van der Waals surface area contributed by atoms with Gasteiger partial charge in [-0.2, -0.15) is 0 Å². The van der Waals surface area contributed by atoms with Gasteiger partial charge in [0.25, 0.3) is 0 Å². The number of methoxy groups -OCH3 is 1. The lowest BCUT2D eigenvalue weighted by Gasteiger charge is -2.12. The number of nitrogens with zero attached hydrogens (tertiary/aromatic N) is 1. The molecule has 2 aromatic carbocycles. The molecule has 0 aromatic heterocycles. The maximum Gasteiger partial charge on any atom is 0.187 e. The molecule has 0 unspecified atom stereocenters. The third-order valence-electron chi connectivity index (χ3n) is 3.24. The van der Waals surface area contributed by atoms with Crippen molar-refractivity contribution in [1.82, 2.24) is 0 Å². The number of nitrogens with one attached hydrogen (secondary N) is 1. The Hall–Kier alpha value is -2.75. The van der Waals surface area contributed by atoms with E-state index >= 15 is 0 Å². The molecule has 2 aromatic rings. The van der Waals surface area contributed by atoms with E-state index in [1.165, 1.54) is 6.08 Å². The SMILES string of the molecule is COc1ccc(C(=O)C=CNc2ccc(N(C)C)cc2)cc1. The molecule has 1 N–H and O–H groups in total. The predicted molar refractivity (Wildman–Crippen MR) is 90.9 cm³/mol. The van der Waals surface area contributed by atoms with E-state index in [9.17, 15) is 4.79 Å². The van der Waals surface area contributed by atoms with Crippen LogP contribution in [0.2, 0.25) is 0 Å². The maximum absolute atomic E-state index is 12.0. The molecule has 0 saturated carbocycles. The van der Waals surface area contributed by atoms with Gasteiger partial charge in [-0.1, -0.05) is 0 Å². The molecular weight excluding hydrogens is 276 g/mol. The van der Waals surface area contributed by atoms with Crippen LogP contribution < -0.4 is 15.0 Å². The Balaban J connectivity index is 1.94. The Bertz CT molecular complexity index is 644. The number of hydrogen-bond donors (Lipinski definition) is 1. The van der Waals surface area contributed by atoms with Gasteiger partial charge < -0.3 is 15.0 Å². The molecule has 0 saturated heterocycles. The van der Waals surface area contributed by atoms with E-state index in [2.05, 4.69) is 5.32 Å². The van der Waals surface area contributed by atoms with Gasteiger partial charge >= 0.3 is 0 Å². The number of ether oxygens (including phenoxy) is 1. The quantitative estimate of drug-likeness (QED) is 0.653. The smallest absolute Gasteiger partial charge is 0.187 e. The normalized spacial score (nSPS) is 10.5. The summed E-state index contributed by atoms with van der Waals surface area (Å²) in [5.41, 5.74) is 2.69. The molecule has 0 heterocycles. The van der Waals surface area contributed by atoms with Crippen molar-refractivity contribution in [3.8, 4) is 5.75 Å². The van der Waals surface area contributed by atoms with Crippen LogP contribution in [-0.2, 0) is 0 Å². The topological polar surface area (TPSA) is 41.6 Å². The van der Waals surface area contributed by atoms with Crippen LogP contribution in [0.25, 0.3) is 0 Å². The summed E-state index contributed by atoms with van der Waals surface area (Å²) in [5.74, 6) is 0.680. The van der Waals surface area contributed by atoms with Crippen LogP contribution in [0.5, 0.6) is 5.75 Å². The van der Waals surface area contributed by atoms with Crippen molar-refractivity contribution in [1.29, 1.82) is 0 Å². The van der Waals surface area contributed by atoms with E-state index in [0.29, 0.717) is 5.56 Å². The number of carbonyl (C=O) groups excluding carboxylic acids is 1. The highest BCUT2D eigenvalue weighted by Crippen LogP contribution is 2.16. The first kappa shape index (κ1) is 15.6. The standard InChI is InChI=1S/C18H20N2O2/c1-20(2)16-8-6-15(7-9-16)19-13-12-18(21)14-4-10-17(22-3)11-5-14/h4-13,19H,1-3H3. The zero-order valence-electron chi connectivity index (χ0n) is 13.0. The average molecular weight is 296 g/mol. The lowest BCUT2D eigenvalue weighted by Crippen LogP contribution is -2.08. The molecule has 0 aliphatic rings. The van der Waals surface area contributed by atoms with Crippen molar-refractivity contribution < 1.29 is 9.53 Å². The molecular formula is C18H20N2O2. The summed E-state index contributed by atoms with van der Waals surface area (Å²) in [4.78, 5) is 14.0. The number of allylic oxidation sites excluding steroid dienone is 1. The Labute approximate surface area is 131 Å². The van der Waals surface area contributed by atoms with Gasteiger partial charge in [-0.25, -0.2) is 0 Å². The van der Waals surface area contributed by atoms with E-state index in [1.807, 2.05) is 43.3 Å². The molecule has 4 heteroatoms. The van der Waals surface area contributed by atoms with E-state index < -0.39 is 0 Å². The van der Waals surface area contributed by atoms with E-state index in [-0.39, 0.29) is 5.78 Å². The number of anilines is 2. The minimum atomic E-state index is -0.0555.